The van der Waals surface area contributed by atoms with Gasteiger partial charge in [0, 0.05) is 6.42 Å². The van der Waals surface area contributed by atoms with Gasteiger partial charge in [-0.2, -0.15) is 0 Å². The summed E-state index contributed by atoms with van der Waals surface area (Å²) in [6, 6.07) is 4.83. The normalized spacial score (nSPS) is 21.6. The fraction of sp³-hybridized carbons (Fsp3) is 0.462. The zero-order valence-corrected chi connectivity index (χ0v) is 10.9. The zero-order chi connectivity index (χ0) is 14.0. The van der Waals surface area contributed by atoms with Gasteiger partial charge in [-0.15, -0.1) is 0 Å². The second kappa shape index (κ2) is 4.87. The predicted molar refractivity (Wildman–Crippen MR) is 70.1 cm³/mol. The molecule has 0 saturated carbocycles. The standard InChI is InChI=1S/C13H17N3O3/c1-13(2)9(6-7-11(17)16-13)15-10-5-3-4-8(14-10)12(18)19/h3-5,9H,6-7H2,1-2H3,(H,14,15)(H,16,17)(H,18,19). The molecule has 1 amide bonds. The maximum Gasteiger partial charge on any atom is 0.354 e. The van der Waals surface area contributed by atoms with E-state index in [2.05, 4.69) is 15.6 Å². The quantitative estimate of drug-likeness (QED) is 0.763. The molecule has 6 heteroatoms. The Labute approximate surface area is 111 Å². The molecule has 6 nitrogen and oxygen atoms in total. The third-order valence-electron chi connectivity index (χ3n) is 3.28. The summed E-state index contributed by atoms with van der Waals surface area (Å²) in [6.45, 7) is 3.87. The third-order valence-corrected chi connectivity index (χ3v) is 3.28. The highest BCUT2D eigenvalue weighted by molar-refractivity contribution is 5.85. The summed E-state index contributed by atoms with van der Waals surface area (Å²) in [7, 11) is 0. The minimum absolute atomic E-state index is 0.00245. The van der Waals surface area contributed by atoms with E-state index in [4.69, 9.17) is 5.11 Å². The molecule has 0 spiro atoms. The van der Waals surface area contributed by atoms with Crippen LogP contribution in [0.5, 0.6) is 0 Å². The lowest BCUT2D eigenvalue weighted by Gasteiger charge is -2.39. The highest BCUT2D eigenvalue weighted by Gasteiger charge is 2.35. The van der Waals surface area contributed by atoms with Crippen molar-refractivity contribution in [1.29, 1.82) is 0 Å². The van der Waals surface area contributed by atoms with Gasteiger partial charge < -0.3 is 15.7 Å². The lowest BCUT2D eigenvalue weighted by molar-refractivity contribution is -0.124. The van der Waals surface area contributed by atoms with Gasteiger partial charge in [0.2, 0.25) is 5.91 Å². The fourth-order valence-electron chi connectivity index (χ4n) is 2.21. The third kappa shape index (κ3) is 3.01. The van der Waals surface area contributed by atoms with Crippen molar-refractivity contribution in [3.05, 3.63) is 23.9 Å². The van der Waals surface area contributed by atoms with Crippen LogP contribution in [0, 0.1) is 0 Å². The molecule has 0 bridgehead atoms. The summed E-state index contributed by atoms with van der Waals surface area (Å²) in [6.07, 6.45) is 1.15. The number of pyridine rings is 1. The summed E-state index contributed by atoms with van der Waals surface area (Å²) < 4.78 is 0. The molecule has 1 aromatic heterocycles. The van der Waals surface area contributed by atoms with Crippen LogP contribution in [0.25, 0.3) is 0 Å². The Morgan fingerprint density at radius 1 is 1.53 bits per heavy atom. The molecule has 2 rings (SSSR count). The first-order chi connectivity index (χ1) is 8.88. The van der Waals surface area contributed by atoms with Crippen LogP contribution < -0.4 is 10.6 Å². The molecule has 1 atom stereocenters. The number of aromatic carboxylic acids is 1. The van der Waals surface area contributed by atoms with Crippen LogP contribution in [0.2, 0.25) is 0 Å². The van der Waals surface area contributed by atoms with Crippen molar-refractivity contribution >= 4 is 17.7 Å². The van der Waals surface area contributed by atoms with Gasteiger partial charge in [-0.1, -0.05) is 6.07 Å². The Hall–Kier alpha value is -2.11. The molecule has 1 aromatic rings. The van der Waals surface area contributed by atoms with Crippen LogP contribution in [0.3, 0.4) is 0 Å². The first-order valence-electron chi connectivity index (χ1n) is 6.16. The lowest BCUT2D eigenvalue weighted by Crippen LogP contribution is -2.58. The number of carboxylic acids is 1. The lowest BCUT2D eigenvalue weighted by atomic mass is 9.87. The van der Waals surface area contributed by atoms with E-state index in [0.717, 1.165) is 0 Å². The minimum atomic E-state index is -1.06. The SMILES string of the molecule is CC1(C)NC(=O)CCC1Nc1cccc(C(=O)O)n1. The predicted octanol–water partition coefficient (Wildman–Crippen LogP) is 1.25. The van der Waals surface area contributed by atoms with Gasteiger partial charge in [-0.25, -0.2) is 9.78 Å². The van der Waals surface area contributed by atoms with Crippen molar-refractivity contribution in [2.45, 2.75) is 38.3 Å². The maximum atomic E-state index is 11.4. The van der Waals surface area contributed by atoms with Crippen molar-refractivity contribution in [3.8, 4) is 0 Å². The van der Waals surface area contributed by atoms with E-state index < -0.39 is 11.5 Å². The van der Waals surface area contributed by atoms with Gasteiger partial charge in [-0.3, -0.25) is 4.79 Å². The van der Waals surface area contributed by atoms with Gasteiger partial charge in [0.25, 0.3) is 0 Å². The number of rotatable bonds is 3. The molecule has 1 fully saturated rings. The van der Waals surface area contributed by atoms with Crippen LogP contribution in [0.15, 0.2) is 18.2 Å². The smallest absolute Gasteiger partial charge is 0.354 e. The Morgan fingerprint density at radius 3 is 2.89 bits per heavy atom. The summed E-state index contributed by atoms with van der Waals surface area (Å²) in [5.74, 6) is -0.510. The topological polar surface area (TPSA) is 91.3 Å². The Kier molecular flexibility index (Phi) is 3.42. The molecule has 0 aromatic carbocycles. The number of amides is 1. The van der Waals surface area contributed by atoms with Crippen molar-refractivity contribution in [3.63, 3.8) is 0 Å². The Morgan fingerprint density at radius 2 is 2.26 bits per heavy atom. The van der Waals surface area contributed by atoms with E-state index in [1.165, 1.54) is 6.07 Å². The van der Waals surface area contributed by atoms with Gasteiger partial charge >= 0.3 is 5.97 Å². The molecular weight excluding hydrogens is 246 g/mol. The fourth-order valence-corrected chi connectivity index (χ4v) is 2.21. The number of nitrogens with one attached hydrogen (secondary N) is 2. The molecule has 1 aliphatic rings. The van der Waals surface area contributed by atoms with Gasteiger partial charge in [-0.05, 0) is 32.4 Å². The van der Waals surface area contributed by atoms with Crippen LogP contribution in [-0.2, 0) is 4.79 Å². The van der Waals surface area contributed by atoms with Crippen LogP contribution >= 0.6 is 0 Å². The molecule has 1 saturated heterocycles. The second-order valence-corrected chi connectivity index (χ2v) is 5.22. The highest BCUT2D eigenvalue weighted by Crippen LogP contribution is 2.23. The number of carbonyl (C=O) groups is 2. The van der Waals surface area contributed by atoms with E-state index in [1.807, 2.05) is 13.8 Å². The summed E-state index contributed by atoms with van der Waals surface area (Å²) in [4.78, 5) is 26.3. The number of hydrogen-bond acceptors (Lipinski definition) is 4. The molecule has 3 N–H and O–H groups in total. The van der Waals surface area contributed by atoms with Crippen LogP contribution in [0.1, 0.15) is 37.2 Å². The number of carbonyl (C=O) groups excluding carboxylic acids is 1. The van der Waals surface area contributed by atoms with E-state index >= 15 is 0 Å². The highest BCUT2D eigenvalue weighted by atomic mass is 16.4. The summed E-state index contributed by atoms with van der Waals surface area (Å²) >= 11 is 0. The van der Waals surface area contributed by atoms with E-state index in [0.29, 0.717) is 18.7 Å². The van der Waals surface area contributed by atoms with E-state index in [9.17, 15) is 9.59 Å². The number of anilines is 1. The van der Waals surface area contributed by atoms with E-state index in [-0.39, 0.29) is 17.6 Å². The summed E-state index contributed by atoms with van der Waals surface area (Å²) in [5, 5.41) is 15.0. The largest absolute Gasteiger partial charge is 0.477 e. The molecular formula is C13H17N3O3. The van der Waals surface area contributed by atoms with Gasteiger partial charge in [0.05, 0.1) is 11.6 Å². The van der Waals surface area contributed by atoms with Crippen molar-refractivity contribution in [2.24, 2.45) is 0 Å². The average Bonchev–Trinajstić information content (AvgIpc) is 2.32. The van der Waals surface area contributed by atoms with Gasteiger partial charge in [0.15, 0.2) is 5.69 Å². The molecule has 2 heterocycles. The minimum Gasteiger partial charge on any atom is -0.477 e. The van der Waals surface area contributed by atoms with Crippen LogP contribution in [-0.4, -0.2) is 33.5 Å². The van der Waals surface area contributed by atoms with Crippen molar-refractivity contribution < 1.29 is 14.7 Å². The number of piperidine rings is 1. The molecule has 1 aliphatic heterocycles. The van der Waals surface area contributed by atoms with Crippen molar-refractivity contribution in [1.82, 2.24) is 10.3 Å². The second-order valence-electron chi connectivity index (χ2n) is 5.22. The first-order valence-corrected chi connectivity index (χ1v) is 6.16. The monoisotopic (exact) mass is 263 g/mol. The molecule has 19 heavy (non-hydrogen) atoms. The number of nitrogens with zero attached hydrogens (tertiary/aromatic N) is 1. The maximum absolute atomic E-state index is 11.4. The van der Waals surface area contributed by atoms with Gasteiger partial charge in [0.1, 0.15) is 5.82 Å². The Bertz CT molecular complexity index is 514. The molecule has 0 radical (unpaired) electrons. The molecule has 0 aliphatic carbocycles. The number of aromatic nitrogens is 1. The number of hydrogen-bond donors (Lipinski definition) is 3. The first kappa shape index (κ1) is 13.3. The molecule has 102 valence electrons. The Balaban J connectivity index is 2.14. The van der Waals surface area contributed by atoms with Crippen LogP contribution in [0.4, 0.5) is 5.82 Å². The average molecular weight is 263 g/mol. The zero-order valence-electron chi connectivity index (χ0n) is 10.9. The van der Waals surface area contributed by atoms with E-state index in [1.54, 1.807) is 12.1 Å². The number of carboxylic acid groups (broad SMARTS) is 1. The summed E-state index contributed by atoms with van der Waals surface area (Å²) in [5.41, 5.74) is -0.390. The molecule has 1 unspecified atom stereocenters. The van der Waals surface area contributed by atoms with Crippen molar-refractivity contribution in [2.75, 3.05) is 5.32 Å².